The summed E-state index contributed by atoms with van der Waals surface area (Å²) in [7, 11) is 0. The quantitative estimate of drug-likeness (QED) is 0.167. The van der Waals surface area contributed by atoms with Crippen LogP contribution < -0.4 is 0 Å². The molecule has 0 bridgehead atoms. The minimum Gasteiger partial charge on any atom is -0.135 e. The Morgan fingerprint density at radius 3 is 0.896 bits per heavy atom. The summed E-state index contributed by atoms with van der Waals surface area (Å²) in [5, 5.41) is 10.6. The zero-order chi connectivity index (χ0) is 31.6. The van der Waals surface area contributed by atoms with Crippen molar-refractivity contribution in [2.24, 2.45) is 0 Å². The third-order valence-electron chi connectivity index (χ3n) is 9.74. The average Bonchev–Trinajstić information content (AvgIpc) is 3.81. The van der Waals surface area contributed by atoms with Crippen LogP contribution >= 0.6 is 22.7 Å². The molecule has 0 aliphatic rings. The SMILES string of the molecule is c1ccc(-c2ccc(-c3cc4c(ccc5c4ccc4c6ccc7sc(-c8ccc(-c9ccccc9)cc8)cc7c6ccc54)s3)cc2)cc1. The van der Waals surface area contributed by atoms with E-state index in [0.717, 1.165) is 0 Å². The minimum absolute atomic E-state index is 1.25. The Bertz CT molecular complexity index is 2590. The molecule has 0 amide bonds. The normalized spacial score (nSPS) is 11.8. The summed E-state index contributed by atoms with van der Waals surface area (Å²) in [5.74, 6) is 0. The molecule has 0 fully saturated rings. The molecule has 48 heavy (non-hydrogen) atoms. The highest BCUT2D eigenvalue weighted by Gasteiger charge is 2.14. The maximum Gasteiger partial charge on any atom is 0.0355 e. The monoisotopic (exact) mass is 644 g/mol. The first-order valence-electron chi connectivity index (χ1n) is 16.3. The zero-order valence-electron chi connectivity index (χ0n) is 26.0. The number of benzene rings is 8. The molecule has 0 saturated carbocycles. The molecule has 0 aliphatic heterocycles. The Morgan fingerprint density at radius 1 is 0.229 bits per heavy atom. The Labute approximate surface area is 286 Å². The predicted molar refractivity (Wildman–Crippen MR) is 211 cm³/mol. The molecular formula is C46H28S2. The zero-order valence-corrected chi connectivity index (χ0v) is 27.6. The second-order valence-electron chi connectivity index (χ2n) is 12.5. The van der Waals surface area contributed by atoms with Crippen molar-refractivity contribution in [2.75, 3.05) is 0 Å². The van der Waals surface area contributed by atoms with Gasteiger partial charge in [-0.1, -0.05) is 146 Å². The van der Waals surface area contributed by atoms with Crippen LogP contribution in [0.1, 0.15) is 0 Å². The van der Waals surface area contributed by atoms with Gasteiger partial charge in [0.15, 0.2) is 0 Å². The lowest BCUT2D eigenvalue weighted by Gasteiger charge is -2.09. The van der Waals surface area contributed by atoms with Crippen molar-refractivity contribution in [2.45, 2.75) is 0 Å². The molecule has 0 radical (unpaired) electrons. The highest BCUT2D eigenvalue weighted by atomic mass is 32.1. The number of rotatable bonds is 4. The van der Waals surface area contributed by atoms with E-state index in [-0.39, 0.29) is 0 Å². The average molecular weight is 645 g/mol. The second-order valence-corrected chi connectivity index (χ2v) is 14.6. The van der Waals surface area contributed by atoms with Crippen molar-refractivity contribution in [3.8, 4) is 43.1 Å². The van der Waals surface area contributed by atoms with Gasteiger partial charge in [-0.2, -0.15) is 0 Å². The molecule has 2 heterocycles. The molecule has 0 saturated heterocycles. The molecule has 0 aliphatic carbocycles. The van der Waals surface area contributed by atoms with Gasteiger partial charge in [-0.15, -0.1) is 22.7 Å². The number of hydrogen-bond acceptors (Lipinski definition) is 2. The molecule has 224 valence electrons. The van der Waals surface area contributed by atoms with Crippen LogP contribution in [0.5, 0.6) is 0 Å². The summed E-state index contributed by atoms with van der Waals surface area (Å²) < 4.78 is 2.66. The van der Waals surface area contributed by atoms with Crippen molar-refractivity contribution in [1.82, 2.24) is 0 Å². The van der Waals surface area contributed by atoms with Crippen molar-refractivity contribution in [3.63, 3.8) is 0 Å². The molecule has 0 N–H and O–H groups in total. The molecule has 2 aromatic heterocycles. The molecule has 0 unspecified atom stereocenters. The molecule has 8 aromatic carbocycles. The summed E-state index contributed by atoms with van der Waals surface area (Å²) in [6.07, 6.45) is 0. The fourth-order valence-corrected chi connectivity index (χ4v) is 9.44. The summed E-state index contributed by atoms with van der Waals surface area (Å²) in [5.41, 5.74) is 7.53. The Kier molecular flexibility index (Phi) is 6.33. The van der Waals surface area contributed by atoms with E-state index in [9.17, 15) is 0 Å². The van der Waals surface area contributed by atoms with Crippen molar-refractivity contribution >= 4 is 75.2 Å². The van der Waals surface area contributed by atoms with Crippen molar-refractivity contribution < 1.29 is 0 Å². The smallest absolute Gasteiger partial charge is 0.0355 e. The van der Waals surface area contributed by atoms with E-state index in [4.69, 9.17) is 0 Å². The van der Waals surface area contributed by atoms with Crippen LogP contribution in [0, 0.1) is 0 Å². The van der Waals surface area contributed by atoms with Crippen molar-refractivity contribution in [1.29, 1.82) is 0 Å². The molecule has 0 spiro atoms. The first-order valence-corrected chi connectivity index (χ1v) is 18.0. The maximum absolute atomic E-state index is 2.38. The lowest BCUT2D eigenvalue weighted by molar-refractivity contribution is 1.62. The van der Waals surface area contributed by atoms with Gasteiger partial charge >= 0.3 is 0 Å². The van der Waals surface area contributed by atoms with E-state index in [1.807, 2.05) is 22.7 Å². The van der Waals surface area contributed by atoms with Crippen LogP contribution in [-0.2, 0) is 0 Å². The van der Waals surface area contributed by atoms with Crippen LogP contribution in [0.4, 0.5) is 0 Å². The lowest BCUT2D eigenvalue weighted by Crippen LogP contribution is -1.82. The van der Waals surface area contributed by atoms with Crippen molar-refractivity contribution in [3.05, 3.63) is 170 Å². The summed E-state index contributed by atoms with van der Waals surface area (Å²) in [4.78, 5) is 2.61. The Morgan fingerprint density at radius 2 is 0.521 bits per heavy atom. The first-order chi connectivity index (χ1) is 23.8. The highest BCUT2D eigenvalue weighted by Crippen LogP contribution is 2.43. The number of fused-ring (bicyclic) bond motifs is 9. The molecule has 10 aromatic rings. The standard InChI is InChI=1S/C46H28S2/c1-3-7-29(8-4-1)31-11-15-33(16-12-31)45-27-41-39-21-19-36-35(37(39)23-25-43(41)47-45)20-22-40-38(36)24-26-44-42(40)28-46(48-44)34-17-13-32(14-18-34)30-9-5-2-6-10-30/h1-28H. The second kappa shape index (κ2) is 11.0. The van der Waals surface area contributed by atoms with Gasteiger partial charge in [-0.3, -0.25) is 0 Å². The van der Waals surface area contributed by atoms with Gasteiger partial charge in [-0.25, -0.2) is 0 Å². The van der Waals surface area contributed by atoms with Crippen LogP contribution in [0.3, 0.4) is 0 Å². The fourth-order valence-electron chi connectivity index (χ4n) is 7.28. The van der Waals surface area contributed by atoms with Gasteiger partial charge in [0.05, 0.1) is 0 Å². The molecule has 0 nitrogen and oxygen atoms in total. The summed E-state index contributed by atoms with van der Waals surface area (Å²) >= 11 is 3.75. The number of hydrogen-bond donors (Lipinski definition) is 0. The highest BCUT2D eigenvalue weighted by molar-refractivity contribution is 7.22. The fraction of sp³-hybridized carbons (Fsp3) is 0. The van der Waals surface area contributed by atoms with Crippen LogP contribution in [0.15, 0.2) is 170 Å². The Balaban J connectivity index is 1.04. The van der Waals surface area contributed by atoms with E-state index < -0.39 is 0 Å². The number of thiophene rings is 2. The van der Waals surface area contributed by atoms with Crippen LogP contribution in [-0.4, -0.2) is 0 Å². The topological polar surface area (TPSA) is 0 Å². The lowest BCUT2D eigenvalue weighted by atomic mass is 9.94. The van der Waals surface area contributed by atoms with Gasteiger partial charge in [0.1, 0.15) is 0 Å². The van der Waals surface area contributed by atoms with Gasteiger partial charge < -0.3 is 0 Å². The van der Waals surface area contributed by atoms with E-state index in [2.05, 4.69) is 170 Å². The predicted octanol–water partition coefficient (Wildman–Crippen LogP) is 14.2. The van der Waals surface area contributed by atoms with Gasteiger partial charge in [-0.05, 0) is 90.0 Å². The largest absolute Gasteiger partial charge is 0.135 e. The van der Waals surface area contributed by atoms with Crippen LogP contribution in [0.25, 0.3) is 95.6 Å². The minimum atomic E-state index is 1.25. The molecular weight excluding hydrogens is 617 g/mol. The van der Waals surface area contributed by atoms with E-state index in [1.54, 1.807) is 0 Å². The van der Waals surface area contributed by atoms with Crippen LogP contribution in [0.2, 0.25) is 0 Å². The van der Waals surface area contributed by atoms with E-state index in [0.29, 0.717) is 0 Å². The van der Waals surface area contributed by atoms with Gasteiger partial charge in [0.2, 0.25) is 0 Å². The van der Waals surface area contributed by atoms with Gasteiger partial charge in [0, 0.05) is 29.9 Å². The summed E-state index contributed by atoms with van der Waals surface area (Å²) in [6.45, 7) is 0. The Hall–Kier alpha value is -5.54. The van der Waals surface area contributed by atoms with E-state index in [1.165, 1.54) is 95.6 Å². The first kappa shape index (κ1) is 27.6. The van der Waals surface area contributed by atoms with E-state index >= 15 is 0 Å². The molecule has 2 heteroatoms. The summed E-state index contributed by atoms with van der Waals surface area (Å²) in [6, 6.07) is 62.6. The third kappa shape index (κ3) is 4.49. The third-order valence-corrected chi connectivity index (χ3v) is 12.0. The maximum atomic E-state index is 2.38. The van der Waals surface area contributed by atoms with Gasteiger partial charge in [0.25, 0.3) is 0 Å². The molecule has 0 atom stereocenters. The molecule has 10 rings (SSSR count).